The third-order valence-electron chi connectivity index (χ3n) is 6.98. The van der Waals surface area contributed by atoms with Gasteiger partial charge in [0.25, 0.3) is 0 Å². The molecule has 5 N–H and O–H groups in total. The fraction of sp³-hybridized carbons (Fsp3) is 0.235. The van der Waals surface area contributed by atoms with Crippen LogP contribution in [0, 0.1) is 0 Å². The van der Waals surface area contributed by atoms with E-state index in [9.17, 15) is 19.8 Å². The standard InChI is InChI=1S/C17H17NO3.C10H13NO.C7H5ClO2/c19-15-9-7-12-6-8-14(10-13(12)11-15)18-17(20)21-16-4-2-1-3-5-16;11-9-3-1-7-2-4-10(12)6-8(7)5-9;8-7(9)10-6-4-2-1-3-5-6/h1-6,8,10,15,19H,7,9,11H2,(H,18,20);1,3,5,10,12H,2,4,6,11H2;1-5H. The minimum atomic E-state index is -0.814. The smallest absolute Gasteiger partial charge is 0.415 e. The van der Waals surface area contributed by atoms with E-state index in [0.29, 0.717) is 23.6 Å². The number of anilines is 2. The van der Waals surface area contributed by atoms with Gasteiger partial charge >= 0.3 is 11.5 Å². The lowest BCUT2D eigenvalue weighted by Crippen LogP contribution is -2.20. The maximum absolute atomic E-state index is 11.8. The molecular formula is C34H35ClN2O6. The summed E-state index contributed by atoms with van der Waals surface area (Å²) in [6, 6.07) is 29.3. The average Bonchev–Trinajstić information content (AvgIpc) is 2.98. The van der Waals surface area contributed by atoms with Crippen LogP contribution in [0.25, 0.3) is 0 Å². The third kappa shape index (κ3) is 10.4. The number of halogens is 1. The number of ether oxygens (including phenoxy) is 2. The lowest BCUT2D eigenvalue weighted by Gasteiger charge is -2.21. The topological polar surface area (TPSA) is 131 Å². The predicted molar refractivity (Wildman–Crippen MR) is 168 cm³/mol. The molecule has 1 amide bonds. The van der Waals surface area contributed by atoms with Gasteiger partial charge in [0, 0.05) is 23.0 Å². The molecular weight excluding hydrogens is 568 g/mol. The van der Waals surface area contributed by atoms with Gasteiger partial charge in [0.05, 0.1) is 12.2 Å². The Hall–Kier alpha value is -4.37. The molecule has 4 aromatic rings. The zero-order valence-electron chi connectivity index (χ0n) is 23.6. The number of aliphatic hydroxyl groups is 2. The van der Waals surface area contributed by atoms with Crippen LogP contribution in [0.15, 0.2) is 97.1 Å². The Morgan fingerprint density at radius 2 is 1.21 bits per heavy atom. The summed E-state index contributed by atoms with van der Waals surface area (Å²) in [5.74, 6) is 0.964. The van der Waals surface area contributed by atoms with Crippen molar-refractivity contribution in [1.29, 1.82) is 0 Å². The second kappa shape index (κ2) is 15.7. The van der Waals surface area contributed by atoms with E-state index in [0.717, 1.165) is 43.4 Å². The number of carbonyl (C=O) groups is 2. The molecule has 2 aliphatic rings. The number of aliphatic hydroxyl groups excluding tert-OH is 2. The number of benzene rings is 4. The summed E-state index contributed by atoms with van der Waals surface area (Å²) in [4.78, 5) is 22.0. The van der Waals surface area contributed by atoms with Crippen molar-refractivity contribution in [3.8, 4) is 11.5 Å². The molecule has 0 fully saturated rings. The maximum atomic E-state index is 11.8. The molecule has 0 bridgehead atoms. The molecule has 2 aliphatic carbocycles. The summed E-state index contributed by atoms with van der Waals surface area (Å²) in [6.45, 7) is 0. The van der Waals surface area contributed by atoms with Gasteiger partial charge in [-0.2, -0.15) is 0 Å². The monoisotopic (exact) mass is 602 g/mol. The van der Waals surface area contributed by atoms with Crippen LogP contribution in [-0.2, 0) is 25.7 Å². The fourth-order valence-electron chi connectivity index (χ4n) is 4.89. The van der Waals surface area contributed by atoms with Crippen LogP contribution in [0.3, 0.4) is 0 Å². The summed E-state index contributed by atoms with van der Waals surface area (Å²) in [7, 11) is 0. The molecule has 4 aromatic carbocycles. The first-order valence-electron chi connectivity index (χ1n) is 14.1. The van der Waals surface area contributed by atoms with E-state index in [1.165, 1.54) is 16.7 Å². The van der Waals surface area contributed by atoms with Crippen LogP contribution in [0.1, 0.15) is 35.1 Å². The Morgan fingerprint density at radius 1 is 0.698 bits per heavy atom. The lowest BCUT2D eigenvalue weighted by atomic mass is 9.89. The maximum Gasteiger partial charge on any atom is 0.417 e. The van der Waals surface area contributed by atoms with Crippen molar-refractivity contribution in [2.45, 2.75) is 50.7 Å². The van der Waals surface area contributed by atoms with Crippen molar-refractivity contribution in [2.75, 3.05) is 11.1 Å². The van der Waals surface area contributed by atoms with Crippen LogP contribution in [0.2, 0.25) is 0 Å². The normalized spacial score (nSPS) is 16.4. The Morgan fingerprint density at radius 3 is 1.77 bits per heavy atom. The molecule has 0 aliphatic heterocycles. The molecule has 43 heavy (non-hydrogen) atoms. The van der Waals surface area contributed by atoms with Gasteiger partial charge in [0.1, 0.15) is 11.5 Å². The minimum Gasteiger partial charge on any atom is -0.415 e. The number of hydrogen-bond acceptors (Lipinski definition) is 7. The zero-order chi connectivity index (χ0) is 30.6. The number of carbonyl (C=O) groups excluding carboxylic acids is 2. The van der Waals surface area contributed by atoms with E-state index < -0.39 is 11.5 Å². The van der Waals surface area contributed by atoms with Crippen molar-refractivity contribution in [3.05, 3.63) is 119 Å². The molecule has 8 nitrogen and oxygen atoms in total. The van der Waals surface area contributed by atoms with Gasteiger partial charge < -0.3 is 25.4 Å². The molecule has 9 heteroatoms. The van der Waals surface area contributed by atoms with E-state index in [1.54, 1.807) is 36.4 Å². The predicted octanol–water partition coefficient (Wildman–Crippen LogP) is 6.69. The molecule has 0 saturated carbocycles. The van der Waals surface area contributed by atoms with Gasteiger partial charge in [0.2, 0.25) is 0 Å². The third-order valence-corrected chi connectivity index (χ3v) is 7.06. The summed E-state index contributed by atoms with van der Waals surface area (Å²) in [5.41, 5.74) is 11.2. The molecule has 0 aromatic heterocycles. The van der Waals surface area contributed by atoms with Crippen LogP contribution < -0.4 is 20.5 Å². The quantitative estimate of drug-likeness (QED) is 0.152. The van der Waals surface area contributed by atoms with Crippen LogP contribution in [0.5, 0.6) is 11.5 Å². The van der Waals surface area contributed by atoms with Crippen LogP contribution in [0.4, 0.5) is 21.0 Å². The van der Waals surface area contributed by atoms with Crippen molar-refractivity contribution >= 4 is 34.5 Å². The van der Waals surface area contributed by atoms with Gasteiger partial charge in [0.15, 0.2) is 0 Å². The molecule has 6 rings (SSSR count). The Kier molecular flexibility index (Phi) is 11.6. The number of amides is 1. The first-order chi connectivity index (χ1) is 20.7. The lowest BCUT2D eigenvalue weighted by molar-refractivity contribution is 0.158. The van der Waals surface area contributed by atoms with Crippen LogP contribution in [-0.4, -0.2) is 33.9 Å². The van der Waals surface area contributed by atoms with E-state index >= 15 is 0 Å². The Labute approximate surface area is 256 Å². The number of nitrogens with two attached hydrogens (primary N) is 1. The highest BCUT2D eigenvalue weighted by atomic mass is 35.5. The molecule has 0 saturated heterocycles. The molecule has 2 atom stereocenters. The molecule has 224 valence electrons. The summed E-state index contributed by atoms with van der Waals surface area (Å²) < 4.78 is 9.72. The highest BCUT2D eigenvalue weighted by Gasteiger charge is 2.17. The zero-order valence-corrected chi connectivity index (χ0v) is 24.4. The second-order valence-corrected chi connectivity index (χ2v) is 10.6. The van der Waals surface area contributed by atoms with E-state index in [2.05, 4.69) is 16.1 Å². The summed E-state index contributed by atoms with van der Waals surface area (Å²) in [6.07, 6.45) is 3.98. The highest BCUT2D eigenvalue weighted by Crippen LogP contribution is 2.25. The Bertz CT molecular complexity index is 1500. The van der Waals surface area contributed by atoms with Gasteiger partial charge in [-0.1, -0.05) is 48.5 Å². The van der Waals surface area contributed by atoms with Crippen molar-refractivity contribution in [3.63, 3.8) is 0 Å². The van der Waals surface area contributed by atoms with Crippen LogP contribution >= 0.6 is 11.6 Å². The molecule has 0 spiro atoms. The van der Waals surface area contributed by atoms with Gasteiger partial charge in [-0.3, -0.25) is 5.32 Å². The minimum absolute atomic E-state index is 0.167. The first-order valence-corrected chi connectivity index (χ1v) is 14.4. The number of hydrogen-bond donors (Lipinski definition) is 4. The average molecular weight is 603 g/mol. The van der Waals surface area contributed by atoms with Crippen molar-refractivity contribution in [1.82, 2.24) is 0 Å². The van der Waals surface area contributed by atoms with Gasteiger partial charge in [-0.05, 0) is 109 Å². The van der Waals surface area contributed by atoms with E-state index in [-0.39, 0.29) is 12.2 Å². The van der Waals surface area contributed by atoms with Crippen molar-refractivity contribution < 1.29 is 29.3 Å². The summed E-state index contributed by atoms with van der Waals surface area (Å²) in [5, 5.41) is 21.8. The number of aryl methyl sites for hydroxylation is 2. The SMILES string of the molecule is Nc1ccc2c(c1)CC(O)CC2.O=C(Cl)Oc1ccccc1.O=C(Nc1ccc2c(c1)CC(O)CC2)Oc1ccccc1. The van der Waals surface area contributed by atoms with E-state index in [4.69, 9.17) is 22.1 Å². The molecule has 0 heterocycles. The molecule has 0 radical (unpaired) electrons. The van der Waals surface area contributed by atoms with Gasteiger partial charge in [-0.15, -0.1) is 0 Å². The number of para-hydroxylation sites is 2. The van der Waals surface area contributed by atoms with Crippen molar-refractivity contribution in [2.24, 2.45) is 0 Å². The first kappa shape index (κ1) is 31.6. The number of fused-ring (bicyclic) bond motifs is 2. The van der Waals surface area contributed by atoms with Gasteiger partial charge in [-0.25, -0.2) is 9.59 Å². The number of nitrogen functional groups attached to an aromatic ring is 1. The fourth-order valence-corrected chi connectivity index (χ4v) is 4.98. The molecule has 2 unspecified atom stereocenters. The summed E-state index contributed by atoms with van der Waals surface area (Å²) >= 11 is 4.95. The number of rotatable bonds is 3. The largest absolute Gasteiger partial charge is 0.417 e. The van der Waals surface area contributed by atoms with E-state index in [1.807, 2.05) is 54.6 Å². The Balaban J connectivity index is 0.000000163. The second-order valence-electron chi connectivity index (χ2n) is 10.3. The highest BCUT2D eigenvalue weighted by molar-refractivity contribution is 6.61. The number of nitrogens with one attached hydrogen (secondary N) is 1.